The lowest BCUT2D eigenvalue weighted by Crippen LogP contribution is -2.64. The van der Waals surface area contributed by atoms with E-state index in [1.165, 1.54) is 7.11 Å². The molecule has 0 aromatic heterocycles. The minimum atomic E-state index is -0.982. The Hall–Kier alpha value is -0.0400. The van der Waals surface area contributed by atoms with Crippen LogP contribution >= 0.6 is 23.0 Å². The van der Waals surface area contributed by atoms with Gasteiger partial charge in [0.15, 0.2) is 6.29 Å². The number of hydrogen-bond acceptors (Lipinski definition) is 7. The second kappa shape index (κ2) is 8.29. The van der Waals surface area contributed by atoms with Crippen molar-refractivity contribution in [1.29, 1.82) is 0 Å². The summed E-state index contributed by atoms with van der Waals surface area (Å²) in [5.41, 5.74) is 0. The fourth-order valence-corrected chi connectivity index (χ4v) is 2.43. The molecule has 9 heteroatoms. The van der Waals surface area contributed by atoms with Crippen LogP contribution in [0.3, 0.4) is 0 Å². The molecule has 1 aliphatic rings. The fourth-order valence-electron chi connectivity index (χ4n) is 2.00. The molecule has 0 amide bonds. The van der Waals surface area contributed by atoms with Gasteiger partial charge in [-0.1, -0.05) is 0 Å². The van der Waals surface area contributed by atoms with Crippen LogP contribution in [0.25, 0.3) is 0 Å². The number of halogens is 1. The van der Waals surface area contributed by atoms with Crippen molar-refractivity contribution in [3.05, 3.63) is 0 Å². The molecular weight excluding hydrogens is 373 g/mol. The Morgan fingerprint density at radius 1 is 1.53 bits per heavy atom. The van der Waals surface area contributed by atoms with Crippen LogP contribution in [0.1, 0.15) is 6.42 Å². The summed E-state index contributed by atoms with van der Waals surface area (Å²) in [6.07, 6.45) is -3.28. The molecule has 0 aromatic rings. The van der Waals surface area contributed by atoms with Gasteiger partial charge in [0, 0.05) is 13.7 Å². The van der Waals surface area contributed by atoms with Crippen LogP contribution in [0.4, 0.5) is 0 Å². The van der Waals surface area contributed by atoms with Crippen LogP contribution < -0.4 is 5.32 Å². The SMILES string of the molecule is COC1C(CO)OC(OI)C(NCCC(=O)O)C1O. The first-order valence-electron chi connectivity index (χ1n) is 5.74. The number of carbonyl (C=O) groups is 1. The molecule has 8 nitrogen and oxygen atoms in total. The number of hydrogen-bond donors (Lipinski definition) is 4. The van der Waals surface area contributed by atoms with Crippen LogP contribution in [0.15, 0.2) is 0 Å². The molecule has 0 aromatic carbocycles. The van der Waals surface area contributed by atoms with E-state index in [4.69, 9.17) is 17.6 Å². The molecule has 1 heterocycles. The molecule has 0 bridgehead atoms. The standard InChI is InChI=1S/C10H18INO7/c1-17-9-5(4-13)18-10(19-11)7(8(9)16)12-3-2-6(14)15/h5,7-10,12-13,16H,2-4H2,1H3,(H,14,15). The van der Waals surface area contributed by atoms with E-state index in [9.17, 15) is 15.0 Å². The maximum absolute atomic E-state index is 10.5. The van der Waals surface area contributed by atoms with Crippen LogP contribution in [-0.2, 0) is 17.3 Å². The van der Waals surface area contributed by atoms with E-state index in [0.717, 1.165) is 0 Å². The Labute approximate surface area is 124 Å². The highest BCUT2D eigenvalue weighted by Crippen LogP contribution is 2.25. The van der Waals surface area contributed by atoms with Gasteiger partial charge in [0.05, 0.1) is 19.1 Å². The van der Waals surface area contributed by atoms with Crippen molar-refractivity contribution >= 4 is 29.0 Å². The molecule has 5 atom stereocenters. The first-order valence-corrected chi connectivity index (χ1v) is 6.63. The molecule has 1 fully saturated rings. The van der Waals surface area contributed by atoms with Crippen molar-refractivity contribution in [2.45, 2.75) is 37.1 Å². The molecule has 5 unspecified atom stereocenters. The number of aliphatic hydroxyl groups excluding tert-OH is 2. The van der Waals surface area contributed by atoms with E-state index in [0.29, 0.717) is 0 Å². The zero-order chi connectivity index (χ0) is 14.4. The zero-order valence-corrected chi connectivity index (χ0v) is 12.5. The van der Waals surface area contributed by atoms with E-state index < -0.39 is 36.6 Å². The topological polar surface area (TPSA) is 117 Å². The van der Waals surface area contributed by atoms with Gasteiger partial charge in [-0.05, 0) is 0 Å². The Balaban J connectivity index is 2.67. The fraction of sp³-hybridized carbons (Fsp3) is 0.900. The maximum atomic E-state index is 10.5. The van der Waals surface area contributed by atoms with Gasteiger partial charge in [0.2, 0.25) is 0 Å². The van der Waals surface area contributed by atoms with Gasteiger partial charge in [0.25, 0.3) is 0 Å². The third kappa shape index (κ3) is 4.48. The third-order valence-electron chi connectivity index (χ3n) is 2.93. The van der Waals surface area contributed by atoms with Gasteiger partial charge in [-0.2, -0.15) is 0 Å². The summed E-state index contributed by atoms with van der Waals surface area (Å²) in [6, 6.07) is -0.635. The molecule has 1 rings (SSSR count). The van der Waals surface area contributed by atoms with E-state index >= 15 is 0 Å². The van der Waals surface area contributed by atoms with E-state index in [1.807, 2.05) is 0 Å². The van der Waals surface area contributed by atoms with Gasteiger partial charge in [0.1, 0.15) is 41.3 Å². The summed E-state index contributed by atoms with van der Waals surface area (Å²) in [5.74, 6) is -0.942. The van der Waals surface area contributed by atoms with Gasteiger partial charge in [-0.25, -0.2) is 0 Å². The highest BCUT2D eigenvalue weighted by Gasteiger charge is 2.45. The van der Waals surface area contributed by atoms with Gasteiger partial charge < -0.3 is 30.1 Å². The Morgan fingerprint density at radius 3 is 2.68 bits per heavy atom. The molecule has 0 radical (unpaired) electrons. The molecule has 1 aliphatic heterocycles. The Morgan fingerprint density at radius 2 is 2.21 bits per heavy atom. The van der Waals surface area contributed by atoms with E-state index in [-0.39, 0.29) is 19.6 Å². The first-order chi connectivity index (χ1) is 9.04. The summed E-state index contributed by atoms with van der Waals surface area (Å²) < 4.78 is 15.6. The summed E-state index contributed by atoms with van der Waals surface area (Å²) in [7, 11) is 1.40. The van der Waals surface area contributed by atoms with Crippen molar-refractivity contribution in [3.63, 3.8) is 0 Å². The minimum absolute atomic E-state index is 0.0851. The van der Waals surface area contributed by atoms with E-state index in [2.05, 4.69) is 5.32 Å². The van der Waals surface area contributed by atoms with Crippen LogP contribution in [0.5, 0.6) is 0 Å². The second-order valence-corrected chi connectivity index (χ2v) is 4.64. The van der Waals surface area contributed by atoms with Gasteiger partial charge in [-0.3, -0.25) is 7.86 Å². The molecular formula is C10H18INO7. The molecule has 4 N–H and O–H groups in total. The smallest absolute Gasteiger partial charge is 0.304 e. The second-order valence-electron chi connectivity index (χ2n) is 4.13. The summed E-state index contributed by atoms with van der Waals surface area (Å²) >= 11 is 1.63. The zero-order valence-electron chi connectivity index (χ0n) is 10.4. The average molecular weight is 391 g/mol. The van der Waals surface area contributed by atoms with Crippen LogP contribution in [0.2, 0.25) is 0 Å². The van der Waals surface area contributed by atoms with Crippen LogP contribution in [0, 0.1) is 0 Å². The number of aliphatic carboxylic acids is 1. The van der Waals surface area contributed by atoms with Crippen molar-refractivity contribution in [2.24, 2.45) is 0 Å². The molecule has 19 heavy (non-hydrogen) atoms. The largest absolute Gasteiger partial charge is 0.481 e. The van der Waals surface area contributed by atoms with Crippen LogP contribution in [-0.4, -0.2) is 72.2 Å². The number of rotatable bonds is 7. The predicted molar refractivity (Wildman–Crippen MR) is 71.7 cm³/mol. The Bertz CT molecular complexity index is 293. The van der Waals surface area contributed by atoms with E-state index in [1.54, 1.807) is 23.0 Å². The highest BCUT2D eigenvalue weighted by atomic mass is 127. The molecule has 1 saturated heterocycles. The van der Waals surface area contributed by atoms with Crippen molar-refractivity contribution in [3.8, 4) is 0 Å². The molecule has 0 aliphatic carbocycles. The third-order valence-corrected chi connectivity index (χ3v) is 3.43. The minimum Gasteiger partial charge on any atom is -0.481 e. The number of nitrogens with one attached hydrogen (secondary N) is 1. The monoisotopic (exact) mass is 391 g/mol. The normalized spacial score (nSPS) is 35.3. The lowest BCUT2D eigenvalue weighted by Gasteiger charge is -2.42. The lowest BCUT2D eigenvalue weighted by atomic mass is 9.97. The number of carboxylic acids is 1. The molecule has 0 saturated carbocycles. The van der Waals surface area contributed by atoms with Gasteiger partial charge in [-0.15, -0.1) is 0 Å². The average Bonchev–Trinajstić information content (AvgIpc) is 2.39. The Kier molecular flexibility index (Phi) is 7.42. The maximum Gasteiger partial charge on any atom is 0.304 e. The highest BCUT2D eigenvalue weighted by molar-refractivity contribution is 14.1. The summed E-state index contributed by atoms with van der Waals surface area (Å²) in [4.78, 5) is 10.5. The quantitative estimate of drug-likeness (QED) is 0.404. The lowest BCUT2D eigenvalue weighted by molar-refractivity contribution is -0.242. The first kappa shape index (κ1) is 17.0. The van der Waals surface area contributed by atoms with Crippen molar-refractivity contribution in [1.82, 2.24) is 5.32 Å². The summed E-state index contributed by atoms with van der Waals surface area (Å²) in [5, 5.41) is 30.8. The number of aliphatic hydroxyl groups is 2. The number of carboxylic acid groups (broad SMARTS) is 1. The van der Waals surface area contributed by atoms with Gasteiger partial charge >= 0.3 is 5.97 Å². The van der Waals surface area contributed by atoms with Crippen molar-refractivity contribution in [2.75, 3.05) is 20.3 Å². The molecule has 0 spiro atoms. The number of ether oxygens (including phenoxy) is 2. The summed E-state index contributed by atoms with van der Waals surface area (Å²) in [6.45, 7) is -0.148. The van der Waals surface area contributed by atoms with Crippen molar-refractivity contribution < 1.29 is 32.7 Å². The number of methoxy groups -OCH3 is 1. The molecule has 112 valence electrons. The predicted octanol–water partition coefficient (Wildman–Crippen LogP) is -1.12.